The van der Waals surface area contributed by atoms with E-state index in [9.17, 15) is 13.5 Å². The lowest BCUT2D eigenvalue weighted by Gasteiger charge is -2.33. The molecule has 0 atom stereocenters. The van der Waals surface area contributed by atoms with Crippen LogP contribution in [0.25, 0.3) is 0 Å². The van der Waals surface area contributed by atoms with Crippen LogP contribution in [0.3, 0.4) is 0 Å². The first-order chi connectivity index (χ1) is 8.83. The van der Waals surface area contributed by atoms with Gasteiger partial charge in [0.1, 0.15) is 0 Å². The highest BCUT2D eigenvalue weighted by Crippen LogP contribution is 2.31. The van der Waals surface area contributed by atoms with Crippen molar-refractivity contribution in [2.24, 2.45) is 5.92 Å². The summed E-state index contributed by atoms with van der Waals surface area (Å²) in [5.41, 5.74) is 1.40. The highest BCUT2D eigenvalue weighted by Gasteiger charge is 2.31. The molecule has 1 aromatic rings. The molecule has 2 rings (SSSR count). The lowest BCUT2D eigenvalue weighted by molar-refractivity contribution is 0.270. The highest BCUT2D eigenvalue weighted by atomic mass is 79.9. The predicted molar refractivity (Wildman–Crippen MR) is 77.3 cm³/mol. The van der Waals surface area contributed by atoms with Crippen molar-refractivity contribution in [1.29, 1.82) is 0 Å². The second-order valence-corrected chi connectivity index (χ2v) is 7.75. The van der Waals surface area contributed by atoms with Gasteiger partial charge in [0, 0.05) is 10.5 Å². The van der Waals surface area contributed by atoms with Crippen LogP contribution in [0.4, 0.5) is 0 Å². The number of aliphatic hydroxyl groups is 1. The van der Waals surface area contributed by atoms with Crippen LogP contribution in [0.5, 0.6) is 0 Å². The monoisotopic (exact) mass is 347 g/mol. The number of rotatable bonds is 4. The van der Waals surface area contributed by atoms with Gasteiger partial charge in [-0.3, -0.25) is 0 Å². The summed E-state index contributed by atoms with van der Waals surface area (Å²) in [6.07, 6.45) is 1.77. The first-order valence-electron chi connectivity index (χ1n) is 6.25. The fourth-order valence-corrected chi connectivity index (χ4v) is 4.71. The molecule has 4 nitrogen and oxygen atoms in total. The van der Waals surface area contributed by atoms with Crippen LogP contribution >= 0.6 is 15.9 Å². The van der Waals surface area contributed by atoms with Crippen LogP contribution in [0.2, 0.25) is 0 Å². The summed E-state index contributed by atoms with van der Waals surface area (Å²) in [4.78, 5) is 0.205. The Morgan fingerprint density at radius 1 is 1.42 bits per heavy atom. The molecule has 1 aliphatic rings. The van der Waals surface area contributed by atoms with E-state index in [1.807, 2.05) is 6.92 Å². The van der Waals surface area contributed by atoms with Gasteiger partial charge in [-0.2, -0.15) is 0 Å². The van der Waals surface area contributed by atoms with Crippen molar-refractivity contribution in [3.63, 3.8) is 0 Å². The molecule has 19 heavy (non-hydrogen) atoms. The standard InChI is InChI=1S/C13H18BrNO3S/c1-8-3-11(4-8)15-19(17,18)12-6-10(7-16)5-9(2)13(12)14/h5-6,8,11,15-16H,3-4,7H2,1-2H3. The molecule has 0 heterocycles. The van der Waals surface area contributed by atoms with Gasteiger partial charge in [-0.15, -0.1) is 0 Å². The van der Waals surface area contributed by atoms with Crippen LogP contribution < -0.4 is 4.72 Å². The highest BCUT2D eigenvalue weighted by molar-refractivity contribution is 9.10. The zero-order valence-electron chi connectivity index (χ0n) is 11.0. The lowest BCUT2D eigenvalue weighted by Crippen LogP contribution is -2.43. The number of hydrogen-bond acceptors (Lipinski definition) is 3. The third-order valence-corrected chi connectivity index (χ3v) is 6.31. The van der Waals surface area contributed by atoms with E-state index in [1.165, 1.54) is 6.07 Å². The number of aliphatic hydroxyl groups excluding tert-OH is 1. The van der Waals surface area contributed by atoms with E-state index >= 15 is 0 Å². The Morgan fingerprint density at radius 3 is 2.58 bits per heavy atom. The molecule has 0 unspecified atom stereocenters. The van der Waals surface area contributed by atoms with Crippen LogP contribution in [-0.4, -0.2) is 19.6 Å². The predicted octanol–water partition coefficient (Wildman–Crippen LogP) is 2.33. The molecule has 0 radical (unpaired) electrons. The summed E-state index contributed by atoms with van der Waals surface area (Å²) in [5.74, 6) is 0.585. The maximum Gasteiger partial charge on any atom is 0.241 e. The van der Waals surface area contributed by atoms with Gasteiger partial charge in [0.15, 0.2) is 0 Å². The van der Waals surface area contributed by atoms with Gasteiger partial charge >= 0.3 is 0 Å². The maximum absolute atomic E-state index is 12.4. The Kier molecular flexibility index (Phi) is 4.35. The second kappa shape index (κ2) is 5.52. The van der Waals surface area contributed by atoms with Crippen molar-refractivity contribution in [2.45, 2.75) is 44.2 Å². The third kappa shape index (κ3) is 3.18. The lowest BCUT2D eigenvalue weighted by atomic mass is 9.83. The van der Waals surface area contributed by atoms with E-state index in [0.29, 0.717) is 16.0 Å². The fraction of sp³-hybridized carbons (Fsp3) is 0.538. The summed E-state index contributed by atoms with van der Waals surface area (Å²) in [7, 11) is -3.54. The third-order valence-electron chi connectivity index (χ3n) is 3.45. The minimum Gasteiger partial charge on any atom is -0.392 e. The van der Waals surface area contributed by atoms with E-state index in [0.717, 1.165) is 18.4 Å². The average molecular weight is 348 g/mol. The molecule has 1 saturated carbocycles. The minimum absolute atomic E-state index is 0.0324. The molecule has 2 N–H and O–H groups in total. The first kappa shape index (κ1) is 15.0. The molecule has 1 fully saturated rings. The minimum atomic E-state index is -3.54. The summed E-state index contributed by atoms with van der Waals surface area (Å²) in [5, 5.41) is 9.19. The number of halogens is 1. The van der Waals surface area contributed by atoms with Gasteiger partial charge in [0.05, 0.1) is 11.5 Å². The van der Waals surface area contributed by atoms with Gasteiger partial charge in [-0.1, -0.05) is 13.0 Å². The van der Waals surface area contributed by atoms with Gasteiger partial charge in [0.25, 0.3) is 0 Å². The Morgan fingerprint density at radius 2 is 2.05 bits per heavy atom. The summed E-state index contributed by atoms with van der Waals surface area (Å²) in [6, 6.07) is 3.32. The van der Waals surface area contributed by atoms with Crippen molar-refractivity contribution in [2.75, 3.05) is 0 Å². The molecule has 0 amide bonds. The van der Waals surface area contributed by atoms with Crippen LogP contribution in [0, 0.1) is 12.8 Å². The van der Waals surface area contributed by atoms with Crippen molar-refractivity contribution < 1.29 is 13.5 Å². The second-order valence-electron chi connectivity index (χ2n) is 5.28. The molecule has 0 saturated heterocycles. The van der Waals surface area contributed by atoms with Gasteiger partial charge in [0.2, 0.25) is 10.0 Å². The van der Waals surface area contributed by atoms with E-state index in [2.05, 4.69) is 27.6 Å². The SMILES string of the molecule is Cc1cc(CO)cc(S(=O)(=O)NC2CC(C)C2)c1Br. The Hall–Kier alpha value is -0.430. The Labute approximate surface area is 122 Å². The fourth-order valence-electron chi connectivity index (χ4n) is 2.38. The van der Waals surface area contributed by atoms with E-state index in [4.69, 9.17) is 0 Å². The number of sulfonamides is 1. The number of hydrogen-bond donors (Lipinski definition) is 2. The maximum atomic E-state index is 12.4. The van der Waals surface area contributed by atoms with Crippen LogP contribution in [0.15, 0.2) is 21.5 Å². The average Bonchev–Trinajstić information content (AvgIpc) is 2.30. The van der Waals surface area contributed by atoms with Crippen molar-refractivity contribution in [1.82, 2.24) is 4.72 Å². The topological polar surface area (TPSA) is 66.4 Å². The van der Waals surface area contributed by atoms with Crippen molar-refractivity contribution >= 4 is 26.0 Å². The molecule has 0 aliphatic heterocycles. The quantitative estimate of drug-likeness (QED) is 0.878. The molecule has 1 aromatic carbocycles. The van der Waals surface area contributed by atoms with Gasteiger partial charge in [-0.05, 0) is 58.8 Å². The molecular weight excluding hydrogens is 330 g/mol. The molecule has 0 aromatic heterocycles. The van der Waals surface area contributed by atoms with Crippen molar-refractivity contribution in [3.8, 4) is 0 Å². The Balaban J connectivity index is 2.31. The molecule has 1 aliphatic carbocycles. The van der Waals surface area contributed by atoms with Crippen molar-refractivity contribution in [3.05, 3.63) is 27.7 Å². The van der Waals surface area contributed by atoms with E-state index < -0.39 is 10.0 Å². The van der Waals surface area contributed by atoms with Crippen LogP contribution in [0.1, 0.15) is 30.9 Å². The molecule has 6 heteroatoms. The number of benzene rings is 1. The molecular formula is C13H18BrNO3S. The first-order valence-corrected chi connectivity index (χ1v) is 8.53. The molecule has 0 bridgehead atoms. The normalized spacial score (nSPS) is 23.2. The van der Waals surface area contributed by atoms with Crippen LogP contribution in [-0.2, 0) is 16.6 Å². The Bertz CT molecular complexity index is 580. The van der Waals surface area contributed by atoms with E-state index in [-0.39, 0.29) is 17.5 Å². The zero-order chi connectivity index (χ0) is 14.2. The van der Waals surface area contributed by atoms with Gasteiger partial charge in [-0.25, -0.2) is 13.1 Å². The smallest absolute Gasteiger partial charge is 0.241 e. The van der Waals surface area contributed by atoms with Gasteiger partial charge < -0.3 is 5.11 Å². The summed E-state index contributed by atoms with van der Waals surface area (Å²) < 4.78 is 28.0. The number of aryl methyl sites for hydroxylation is 1. The summed E-state index contributed by atoms with van der Waals surface area (Å²) >= 11 is 3.32. The van der Waals surface area contributed by atoms with E-state index in [1.54, 1.807) is 6.07 Å². The largest absolute Gasteiger partial charge is 0.392 e. The molecule has 0 spiro atoms. The zero-order valence-corrected chi connectivity index (χ0v) is 13.4. The molecule has 106 valence electrons. The summed E-state index contributed by atoms with van der Waals surface area (Å²) in [6.45, 7) is 3.75. The number of nitrogens with one attached hydrogen (secondary N) is 1.